The van der Waals surface area contributed by atoms with E-state index in [9.17, 15) is 4.79 Å². The lowest BCUT2D eigenvalue weighted by Crippen LogP contribution is -2.18. The Balaban J connectivity index is 1.17. The lowest BCUT2D eigenvalue weighted by atomic mass is 10.0. The van der Waals surface area contributed by atoms with Gasteiger partial charge in [0, 0.05) is 16.1 Å². The molecule has 5 aromatic carbocycles. The van der Waals surface area contributed by atoms with Crippen LogP contribution < -0.4 is 10.2 Å². The van der Waals surface area contributed by atoms with Crippen LogP contribution in [0.15, 0.2) is 132 Å². The third-order valence-corrected chi connectivity index (χ3v) is 6.97. The molecule has 41 heavy (non-hydrogen) atoms. The number of nitrogens with zero attached hydrogens (tertiary/aromatic N) is 3. The summed E-state index contributed by atoms with van der Waals surface area (Å²) in [6.45, 7) is 0.375. The largest absolute Gasteiger partial charge is 0.489 e. The van der Waals surface area contributed by atoms with Gasteiger partial charge in [-0.3, -0.25) is 4.79 Å². The Labute approximate surface area is 242 Å². The molecule has 1 amide bonds. The molecule has 0 saturated heterocycles. The number of carbonyl (C=O) groups excluding carboxylic acids is 1. The minimum Gasteiger partial charge on any atom is -0.489 e. The van der Waals surface area contributed by atoms with E-state index in [2.05, 4.69) is 39.9 Å². The van der Waals surface area contributed by atoms with Crippen LogP contribution in [-0.4, -0.2) is 21.9 Å². The fourth-order valence-corrected chi connectivity index (χ4v) is 4.65. The number of hydrazone groups is 1. The maximum atomic E-state index is 13.0. The number of ether oxygens (including phenoxy) is 1. The summed E-state index contributed by atoms with van der Waals surface area (Å²) in [7, 11) is 0. The van der Waals surface area contributed by atoms with Crippen molar-refractivity contribution < 1.29 is 9.53 Å². The van der Waals surface area contributed by atoms with Crippen molar-refractivity contribution in [3.05, 3.63) is 149 Å². The smallest absolute Gasteiger partial charge is 0.291 e. The zero-order valence-electron chi connectivity index (χ0n) is 21.9. The molecule has 0 bridgehead atoms. The van der Waals surface area contributed by atoms with Crippen LogP contribution in [0.25, 0.3) is 27.7 Å². The Bertz CT molecular complexity index is 1850. The van der Waals surface area contributed by atoms with Gasteiger partial charge in [0.05, 0.1) is 17.6 Å². The number of fused-ring (bicyclic) bond motifs is 1. The van der Waals surface area contributed by atoms with Crippen molar-refractivity contribution in [2.75, 3.05) is 0 Å². The number of rotatable bonds is 8. The first-order valence-electron chi connectivity index (χ1n) is 13.1. The van der Waals surface area contributed by atoms with Crippen LogP contribution in [0.1, 0.15) is 21.6 Å². The molecule has 1 heterocycles. The molecule has 0 aliphatic heterocycles. The molecule has 0 saturated carbocycles. The van der Waals surface area contributed by atoms with Crippen LogP contribution in [0.5, 0.6) is 5.75 Å². The van der Waals surface area contributed by atoms with Crippen LogP contribution in [0.4, 0.5) is 0 Å². The normalized spacial score (nSPS) is 11.1. The van der Waals surface area contributed by atoms with E-state index < -0.39 is 5.91 Å². The van der Waals surface area contributed by atoms with Gasteiger partial charge in [-0.2, -0.15) is 10.2 Å². The number of para-hydroxylation sites is 1. The Kier molecular flexibility index (Phi) is 7.56. The Morgan fingerprint density at radius 3 is 2.37 bits per heavy atom. The molecule has 0 aliphatic carbocycles. The zero-order chi connectivity index (χ0) is 28.0. The summed E-state index contributed by atoms with van der Waals surface area (Å²) in [6.07, 6.45) is 1.58. The van der Waals surface area contributed by atoms with Crippen LogP contribution >= 0.6 is 11.6 Å². The molecule has 1 aromatic heterocycles. The predicted molar refractivity (Wildman–Crippen MR) is 164 cm³/mol. The number of benzene rings is 5. The van der Waals surface area contributed by atoms with Gasteiger partial charge in [0.1, 0.15) is 12.4 Å². The Morgan fingerprint density at radius 1 is 0.829 bits per heavy atom. The summed E-state index contributed by atoms with van der Waals surface area (Å²) in [6, 6.07) is 40.9. The van der Waals surface area contributed by atoms with E-state index in [1.54, 1.807) is 17.0 Å². The Hall–Kier alpha value is -5.20. The molecule has 6 rings (SSSR count). The number of aromatic nitrogens is 2. The van der Waals surface area contributed by atoms with Gasteiger partial charge < -0.3 is 4.74 Å². The fraction of sp³-hybridized carbons (Fsp3) is 0.0294. The molecule has 6 nitrogen and oxygen atoms in total. The topological polar surface area (TPSA) is 68.5 Å². The fourth-order valence-electron chi connectivity index (χ4n) is 4.46. The second kappa shape index (κ2) is 11.9. The Morgan fingerprint density at radius 2 is 1.56 bits per heavy atom. The molecule has 0 aliphatic rings. The highest BCUT2D eigenvalue weighted by Crippen LogP contribution is 2.27. The molecule has 0 spiro atoms. The number of hydrogen-bond donors (Lipinski definition) is 1. The first-order chi connectivity index (χ1) is 20.1. The van der Waals surface area contributed by atoms with Crippen LogP contribution in [0, 0.1) is 0 Å². The van der Waals surface area contributed by atoms with Crippen molar-refractivity contribution in [3.8, 4) is 22.7 Å². The van der Waals surface area contributed by atoms with Gasteiger partial charge in [0.15, 0.2) is 5.69 Å². The second-order valence-corrected chi connectivity index (χ2v) is 9.78. The molecular formula is C34H25ClN4O2. The number of carbonyl (C=O) groups is 1. The number of halogens is 1. The highest BCUT2D eigenvalue weighted by atomic mass is 35.5. The lowest BCUT2D eigenvalue weighted by Gasteiger charge is -2.08. The molecular weight excluding hydrogens is 532 g/mol. The van der Waals surface area contributed by atoms with Crippen molar-refractivity contribution >= 4 is 34.5 Å². The third kappa shape index (κ3) is 6.03. The highest BCUT2D eigenvalue weighted by Gasteiger charge is 2.17. The summed E-state index contributed by atoms with van der Waals surface area (Å²) in [5.74, 6) is 0.302. The van der Waals surface area contributed by atoms with E-state index in [1.807, 2.05) is 97.1 Å². The van der Waals surface area contributed by atoms with Crippen molar-refractivity contribution in [2.24, 2.45) is 5.10 Å². The summed E-state index contributed by atoms with van der Waals surface area (Å²) < 4.78 is 7.61. The monoisotopic (exact) mass is 556 g/mol. The standard InChI is InChI=1S/C34H25ClN4O2/c35-31-13-7-6-10-28(31)23-41-30-18-14-24(15-19-30)22-36-37-34(40)32-21-33(39(38-32)29-11-2-1-3-12-29)27-17-16-25-8-4-5-9-26(25)20-27/h1-22H,23H2,(H,37,40)/b36-22-. The van der Waals surface area contributed by atoms with Gasteiger partial charge in [-0.25, -0.2) is 10.1 Å². The van der Waals surface area contributed by atoms with Crippen molar-refractivity contribution in [2.45, 2.75) is 6.61 Å². The quantitative estimate of drug-likeness (QED) is 0.154. The maximum absolute atomic E-state index is 13.0. The summed E-state index contributed by atoms with van der Waals surface area (Å²) in [5, 5.41) is 11.7. The van der Waals surface area contributed by atoms with Gasteiger partial charge in [-0.15, -0.1) is 0 Å². The first kappa shape index (κ1) is 26.0. The van der Waals surface area contributed by atoms with E-state index in [0.29, 0.717) is 17.4 Å². The highest BCUT2D eigenvalue weighted by molar-refractivity contribution is 6.31. The van der Waals surface area contributed by atoms with Gasteiger partial charge in [-0.05, 0) is 70.9 Å². The minimum atomic E-state index is -0.405. The molecule has 0 unspecified atom stereocenters. The number of nitrogens with one attached hydrogen (secondary N) is 1. The van der Waals surface area contributed by atoms with Gasteiger partial charge in [0.25, 0.3) is 5.91 Å². The van der Waals surface area contributed by atoms with Crippen LogP contribution in [-0.2, 0) is 6.61 Å². The summed E-state index contributed by atoms with van der Waals surface area (Å²) >= 11 is 6.20. The zero-order valence-corrected chi connectivity index (χ0v) is 22.7. The average Bonchev–Trinajstić information content (AvgIpc) is 3.47. The van der Waals surface area contributed by atoms with E-state index in [-0.39, 0.29) is 5.69 Å². The van der Waals surface area contributed by atoms with Crippen molar-refractivity contribution in [1.82, 2.24) is 15.2 Å². The van der Waals surface area contributed by atoms with E-state index in [4.69, 9.17) is 16.3 Å². The molecule has 0 fully saturated rings. The molecule has 7 heteroatoms. The maximum Gasteiger partial charge on any atom is 0.291 e. The second-order valence-electron chi connectivity index (χ2n) is 9.37. The minimum absolute atomic E-state index is 0.262. The predicted octanol–water partition coefficient (Wildman–Crippen LogP) is 7.69. The molecule has 0 atom stereocenters. The first-order valence-corrected chi connectivity index (χ1v) is 13.5. The van der Waals surface area contributed by atoms with Crippen LogP contribution in [0.3, 0.4) is 0 Å². The third-order valence-electron chi connectivity index (χ3n) is 6.60. The summed E-state index contributed by atoms with van der Waals surface area (Å²) in [4.78, 5) is 13.0. The van der Waals surface area contributed by atoms with Crippen molar-refractivity contribution in [1.29, 1.82) is 0 Å². The molecule has 200 valence electrons. The SMILES string of the molecule is O=C(N/N=C\c1ccc(OCc2ccccc2Cl)cc1)c1cc(-c2ccc3ccccc3c2)n(-c2ccccc2)n1. The average molecular weight is 557 g/mol. The lowest BCUT2D eigenvalue weighted by molar-refractivity contribution is 0.0949. The van der Waals surface area contributed by atoms with E-state index in [0.717, 1.165) is 38.8 Å². The van der Waals surface area contributed by atoms with Crippen molar-refractivity contribution in [3.63, 3.8) is 0 Å². The number of amides is 1. The van der Waals surface area contributed by atoms with E-state index >= 15 is 0 Å². The molecule has 0 radical (unpaired) electrons. The number of hydrogen-bond acceptors (Lipinski definition) is 4. The van der Waals surface area contributed by atoms with Gasteiger partial charge in [0.2, 0.25) is 0 Å². The van der Waals surface area contributed by atoms with Gasteiger partial charge in [-0.1, -0.05) is 84.4 Å². The molecule has 6 aromatic rings. The van der Waals surface area contributed by atoms with Crippen LogP contribution in [0.2, 0.25) is 5.02 Å². The summed E-state index contributed by atoms with van der Waals surface area (Å²) in [5.41, 5.74) is 7.21. The molecule has 1 N–H and O–H groups in total. The van der Waals surface area contributed by atoms with Gasteiger partial charge >= 0.3 is 0 Å². The van der Waals surface area contributed by atoms with E-state index in [1.165, 1.54) is 0 Å².